The van der Waals surface area contributed by atoms with Crippen molar-refractivity contribution in [2.24, 2.45) is 0 Å². The smallest absolute Gasteiger partial charge is 0.338 e. The number of nitrogens with zero attached hydrogens (tertiary/aromatic N) is 2. The van der Waals surface area contributed by atoms with E-state index in [0.717, 1.165) is 0 Å². The van der Waals surface area contributed by atoms with Crippen LogP contribution in [0.2, 0.25) is 0 Å². The van der Waals surface area contributed by atoms with Gasteiger partial charge in [-0.2, -0.15) is 4.31 Å². The first-order valence-corrected chi connectivity index (χ1v) is 9.61. The highest BCUT2D eigenvalue weighted by Gasteiger charge is 2.29. The number of aliphatic hydroxyl groups is 2. The second-order valence-electron chi connectivity index (χ2n) is 5.79. The van der Waals surface area contributed by atoms with E-state index < -0.39 is 22.1 Å². The molecule has 0 aliphatic carbocycles. The van der Waals surface area contributed by atoms with Crippen LogP contribution in [0.15, 0.2) is 29.2 Å². The summed E-state index contributed by atoms with van der Waals surface area (Å²) in [5.41, 5.74) is 0.309. The van der Waals surface area contributed by atoms with Crippen LogP contribution in [0.5, 0.6) is 0 Å². The second-order valence-corrected chi connectivity index (χ2v) is 7.72. The molecule has 1 aromatic carbocycles. The molecule has 0 amide bonds. The zero-order valence-corrected chi connectivity index (χ0v) is 15.0. The van der Waals surface area contributed by atoms with Gasteiger partial charge in [0.2, 0.25) is 10.0 Å². The number of sulfonamides is 1. The van der Waals surface area contributed by atoms with E-state index in [4.69, 9.17) is 9.84 Å². The van der Waals surface area contributed by atoms with Crippen molar-refractivity contribution in [1.82, 2.24) is 9.21 Å². The number of piperazine rings is 1. The molecule has 25 heavy (non-hydrogen) atoms. The molecule has 2 N–H and O–H groups in total. The molecule has 140 valence electrons. The number of carbonyl (C=O) groups excluding carboxylic acids is 1. The highest BCUT2D eigenvalue weighted by atomic mass is 32.2. The fraction of sp³-hybridized carbons (Fsp3) is 0.562. The van der Waals surface area contributed by atoms with Gasteiger partial charge in [-0.15, -0.1) is 0 Å². The lowest BCUT2D eigenvalue weighted by atomic mass is 10.2. The van der Waals surface area contributed by atoms with Crippen molar-refractivity contribution in [2.75, 3.05) is 45.9 Å². The Kier molecular flexibility index (Phi) is 6.91. The molecule has 1 aliphatic rings. The van der Waals surface area contributed by atoms with Crippen LogP contribution >= 0.6 is 0 Å². The van der Waals surface area contributed by atoms with E-state index in [1.165, 1.54) is 28.6 Å². The van der Waals surface area contributed by atoms with Crippen LogP contribution in [-0.2, 0) is 14.8 Å². The zero-order chi connectivity index (χ0) is 18.4. The van der Waals surface area contributed by atoms with E-state index >= 15 is 0 Å². The lowest BCUT2D eigenvalue weighted by Crippen LogP contribution is -2.50. The molecule has 9 heteroatoms. The van der Waals surface area contributed by atoms with Crippen LogP contribution in [0.25, 0.3) is 0 Å². The standard InChI is InChI=1S/C16H24N2O6S/c1-2-24-16(21)13-3-5-15(6-4-13)25(22,23)18-9-7-17(8-10-18)11-14(20)12-19/h3-6,14,19-20H,2,7-12H2,1H3/t14-/m0/s1. The summed E-state index contributed by atoms with van der Waals surface area (Å²) < 4.78 is 31.6. The maximum absolute atomic E-state index is 12.7. The van der Waals surface area contributed by atoms with Crippen LogP contribution in [0.1, 0.15) is 17.3 Å². The predicted molar refractivity (Wildman–Crippen MR) is 90.7 cm³/mol. The number of ether oxygens (including phenoxy) is 1. The lowest BCUT2D eigenvalue weighted by Gasteiger charge is -2.34. The molecule has 1 saturated heterocycles. The van der Waals surface area contributed by atoms with Gasteiger partial charge >= 0.3 is 5.97 Å². The van der Waals surface area contributed by atoms with Crippen molar-refractivity contribution in [3.63, 3.8) is 0 Å². The van der Waals surface area contributed by atoms with Gasteiger partial charge in [0, 0.05) is 32.7 Å². The average molecular weight is 372 g/mol. The highest BCUT2D eigenvalue weighted by Crippen LogP contribution is 2.18. The lowest BCUT2D eigenvalue weighted by molar-refractivity contribution is 0.0490. The highest BCUT2D eigenvalue weighted by molar-refractivity contribution is 7.89. The summed E-state index contributed by atoms with van der Waals surface area (Å²) in [4.78, 5) is 13.7. The van der Waals surface area contributed by atoms with Gasteiger partial charge in [0.25, 0.3) is 0 Å². The molecule has 0 bridgehead atoms. The normalized spacial score (nSPS) is 18.0. The minimum absolute atomic E-state index is 0.129. The quantitative estimate of drug-likeness (QED) is 0.623. The van der Waals surface area contributed by atoms with Gasteiger partial charge in [0.1, 0.15) is 0 Å². The Balaban J connectivity index is 2.01. The third-order valence-electron chi connectivity index (χ3n) is 4.01. The predicted octanol–water partition coefficient (Wildman–Crippen LogP) is -0.477. The molecular weight excluding hydrogens is 348 g/mol. The topological polar surface area (TPSA) is 107 Å². The number of benzene rings is 1. The van der Waals surface area contributed by atoms with Gasteiger partial charge in [-0.05, 0) is 31.2 Å². The molecule has 1 heterocycles. The first-order chi connectivity index (χ1) is 11.9. The Morgan fingerprint density at radius 3 is 2.32 bits per heavy atom. The van der Waals surface area contributed by atoms with Gasteiger partial charge in [0.15, 0.2) is 0 Å². The van der Waals surface area contributed by atoms with Crippen molar-refractivity contribution in [3.05, 3.63) is 29.8 Å². The van der Waals surface area contributed by atoms with Gasteiger partial charge in [0.05, 0.1) is 29.8 Å². The fourth-order valence-corrected chi connectivity index (χ4v) is 4.06. The summed E-state index contributed by atoms with van der Waals surface area (Å²) in [6.45, 7) is 3.54. The van der Waals surface area contributed by atoms with Crippen LogP contribution < -0.4 is 0 Å². The molecule has 1 atom stereocenters. The van der Waals surface area contributed by atoms with Crippen molar-refractivity contribution in [1.29, 1.82) is 0 Å². The maximum Gasteiger partial charge on any atom is 0.338 e. The van der Waals surface area contributed by atoms with E-state index in [-0.39, 0.29) is 18.1 Å². The summed E-state index contributed by atoms with van der Waals surface area (Å²) in [7, 11) is -3.63. The summed E-state index contributed by atoms with van der Waals surface area (Å²) in [6.07, 6.45) is -0.821. The number of β-amino-alcohol motifs (C(OH)–C–C–N with tert-alkyl or cyclic N) is 1. The van der Waals surface area contributed by atoms with E-state index in [1.54, 1.807) is 6.92 Å². The monoisotopic (exact) mass is 372 g/mol. The minimum Gasteiger partial charge on any atom is -0.462 e. The minimum atomic E-state index is -3.63. The van der Waals surface area contributed by atoms with Gasteiger partial charge in [-0.1, -0.05) is 0 Å². The number of hydrogen-bond donors (Lipinski definition) is 2. The van der Waals surface area contributed by atoms with Crippen molar-refractivity contribution in [3.8, 4) is 0 Å². The van der Waals surface area contributed by atoms with E-state index in [2.05, 4.69) is 0 Å². The third-order valence-corrected chi connectivity index (χ3v) is 5.93. The van der Waals surface area contributed by atoms with Gasteiger partial charge < -0.3 is 14.9 Å². The Morgan fingerprint density at radius 2 is 1.80 bits per heavy atom. The summed E-state index contributed by atoms with van der Waals surface area (Å²) in [5, 5.41) is 18.3. The SMILES string of the molecule is CCOC(=O)c1ccc(S(=O)(=O)N2CCN(C[C@H](O)CO)CC2)cc1. The van der Waals surface area contributed by atoms with E-state index in [1.807, 2.05) is 4.90 Å². The first kappa shape index (κ1) is 19.8. The number of rotatable bonds is 7. The third kappa shape index (κ3) is 4.99. The average Bonchev–Trinajstić information content (AvgIpc) is 2.62. The zero-order valence-electron chi connectivity index (χ0n) is 14.2. The number of carbonyl (C=O) groups is 1. The molecule has 0 spiro atoms. The Bertz CT molecular complexity index is 668. The number of esters is 1. The maximum atomic E-state index is 12.7. The Labute approximate surface area is 147 Å². The molecule has 0 radical (unpaired) electrons. The van der Waals surface area contributed by atoms with Crippen LogP contribution in [0, 0.1) is 0 Å². The molecule has 0 aromatic heterocycles. The summed E-state index contributed by atoms with van der Waals surface area (Å²) in [5.74, 6) is -0.484. The van der Waals surface area contributed by atoms with Crippen LogP contribution in [0.3, 0.4) is 0 Å². The van der Waals surface area contributed by atoms with Gasteiger partial charge in [-0.3, -0.25) is 4.90 Å². The largest absolute Gasteiger partial charge is 0.462 e. The fourth-order valence-electron chi connectivity index (χ4n) is 2.63. The Hall–Kier alpha value is -1.52. The summed E-state index contributed by atoms with van der Waals surface area (Å²) >= 11 is 0. The molecule has 0 unspecified atom stereocenters. The molecule has 8 nitrogen and oxygen atoms in total. The molecule has 2 rings (SSSR count). The van der Waals surface area contributed by atoms with Crippen molar-refractivity contribution < 1.29 is 28.2 Å². The van der Waals surface area contributed by atoms with Gasteiger partial charge in [-0.25, -0.2) is 13.2 Å². The van der Waals surface area contributed by atoms with Crippen molar-refractivity contribution in [2.45, 2.75) is 17.9 Å². The number of aliphatic hydroxyl groups excluding tert-OH is 2. The molecule has 1 fully saturated rings. The molecule has 1 aliphatic heterocycles. The molecule has 0 saturated carbocycles. The van der Waals surface area contributed by atoms with Crippen molar-refractivity contribution >= 4 is 16.0 Å². The van der Waals surface area contributed by atoms with E-state index in [0.29, 0.717) is 38.3 Å². The van der Waals surface area contributed by atoms with E-state index in [9.17, 15) is 18.3 Å². The number of hydrogen-bond acceptors (Lipinski definition) is 7. The molecular formula is C16H24N2O6S. The Morgan fingerprint density at radius 1 is 1.20 bits per heavy atom. The second kappa shape index (κ2) is 8.72. The van der Waals surface area contributed by atoms with Crippen LogP contribution in [0.4, 0.5) is 0 Å². The van der Waals surface area contributed by atoms with Crippen LogP contribution in [-0.4, -0.2) is 85.8 Å². The summed E-state index contributed by atoms with van der Waals surface area (Å²) in [6, 6.07) is 5.70. The molecule has 1 aromatic rings. The first-order valence-electron chi connectivity index (χ1n) is 8.17.